The summed E-state index contributed by atoms with van der Waals surface area (Å²) in [6.45, 7) is 0. The minimum absolute atomic E-state index is 0.724. The molecule has 1 aromatic carbocycles. The quantitative estimate of drug-likeness (QED) is 0.615. The van der Waals surface area contributed by atoms with E-state index < -0.39 is 0 Å². The van der Waals surface area contributed by atoms with E-state index in [0.717, 1.165) is 16.3 Å². The smallest absolute Gasteiger partial charge is 0.139 e. The molecule has 0 radical (unpaired) electrons. The van der Waals surface area contributed by atoms with Crippen molar-refractivity contribution in [2.24, 2.45) is 0 Å². The highest BCUT2D eigenvalue weighted by atomic mass is 32.2. The van der Waals surface area contributed by atoms with Crippen molar-refractivity contribution in [3.05, 3.63) is 42.1 Å². The molecular weight excluding hydrogens is 206 g/mol. The molecule has 3 nitrogen and oxygen atoms in total. The van der Waals surface area contributed by atoms with Crippen LogP contribution in [0.5, 0.6) is 0 Å². The van der Waals surface area contributed by atoms with Crippen molar-refractivity contribution in [1.82, 2.24) is 15.4 Å². The van der Waals surface area contributed by atoms with E-state index in [-0.39, 0.29) is 0 Å². The van der Waals surface area contributed by atoms with Gasteiger partial charge >= 0.3 is 0 Å². The highest BCUT2D eigenvalue weighted by Crippen LogP contribution is 2.10. The van der Waals surface area contributed by atoms with E-state index in [1.807, 2.05) is 30.3 Å². The van der Waals surface area contributed by atoms with Gasteiger partial charge in [-0.15, -0.1) is 5.10 Å². The molecule has 0 spiro atoms. The van der Waals surface area contributed by atoms with Crippen molar-refractivity contribution in [2.45, 2.75) is 5.03 Å². The fourth-order valence-corrected chi connectivity index (χ4v) is 1.56. The molecule has 1 heterocycles. The maximum Gasteiger partial charge on any atom is 0.139 e. The minimum Gasteiger partial charge on any atom is -0.197 e. The van der Waals surface area contributed by atoms with Crippen LogP contribution < -0.4 is 0 Å². The Morgan fingerprint density at radius 1 is 1.27 bits per heavy atom. The molecule has 74 valence electrons. The van der Waals surface area contributed by atoms with Crippen LogP contribution in [0.4, 0.5) is 0 Å². The predicted octanol–water partition coefficient (Wildman–Crippen LogP) is 1.95. The lowest BCUT2D eigenvalue weighted by Crippen LogP contribution is -1.76. The third kappa shape index (κ3) is 3.15. The molecule has 1 N–H and O–H groups in total. The molecule has 0 atom stereocenters. The molecule has 1 aromatic heterocycles. The summed E-state index contributed by atoms with van der Waals surface area (Å²) < 4.78 is 0. The SMILES string of the molecule is C(#Cc1ccccc1)CSc1cn[nH]n1. The lowest BCUT2D eigenvalue weighted by Gasteiger charge is -1.87. The Labute approximate surface area is 92.3 Å². The second-order valence-electron chi connectivity index (χ2n) is 2.76. The Balaban J connectivity index is 1.86. The molecule has 0 aliphatic rings. The van der Waals surface area contributed by atoms with Crippen LogP contribution in [0.1, 0.15) is 5.56 Å². The Morgan fingerprint density at radius 2 is 2.13 bits per heavy atom. The van der Waals surface area contributed by atoms with Gasteiger partial charge in [0.1, 0.15) is 5.03 Å². The van der Waals surface area contributed by atoms with Crippen molar-refractivity contribution in [1.29, 1.82) is 0 Å². The molecule has 2 aromatic rings. The number of H-pyrrole nitrogens is 1. The molecule has 0 saturated carbocycles. The number of benzene rings is 1. The lowest BCUT2D eigenvalue weighted by molar-refractivity contribution is 0.911. The average molecular weight is 215 g/mol. The maximum absolute atomic E-state index is 3.92. The van der Waals surface area contributed by atoms with Crippen LogP contribution in [0.25, 0.3) is 0 Å². The molecule has 0 saturated heterocycles. The number of rotatable bonds is 2. The molecule has 0 bridgehead atoms. The normalized spacial score (nSPS) is 9.33. The minimum atomic E-state index is 0.724. The van der Waals surface area contributed by atoms with E-state index in [4.69, 9.17) is 0 Å². The number of hydrogen-bond acceptors (Lipinski definition) is 3. The molecule has 0 unspecified atom stereocenters. The molecule has 4 heteroatoms. The highest BCUT2D eigenvalue weighted by molar-refractivity contribution is 7.99. The third-order valence-corrected chi connectivity index (χ3v) is 2.47. The molecule has 2 rings (SSSR count). The number of hydrogen-bond donors (Lipinski definition) is 1. The number of nitrogens with zero attached hydrogens (tertiary/aromatic N) is 2. The fraction of sp³-hybridized carbons (Fsp3) is 0.0909. The van der Waals surface area contributed by atoms with Crippen LogP contribution in [-0.2, 0) is 0 Å². The van der Waals surface area contributed by atoms with Crippen molar-refractivity contribution in [3.63, 3.8) is 0 Å². The second-order valence-corrected chi connectivity index (χ2v) is 3.76. The highest BCUT2D eigenvalue weighted by Gasteiger charge is 1.92. The number of aromatic amines is 1. The van der Waals surface area contributed by atoms with Crippen molar-refractivity contribution in [3.8, 4) is 11.8 Å². The summed E-state index contributed by atoms with van der Waals surface area (Å²) in [5, 5.41) is 11.1. The summed E-state index contributed by atoms with van der Waals surface area (Å²) in [7, 11) is 0. The number of nitrogens with one attached hydrogen (secondary N) is 1. The van der Waals surface area contributed by atoms with Gasteiger partial charge in [0.25, 0.3) is 0 Å². The number of aromatic nitrogens is 3. The van der Waals surface area contributed by atoms with Gasteiger partial charge in [-0.05, 0) is 12.1 Å². The molecular formula is C11H9N3S. The van der Waals surface area contributed by atoms with E-state index in [9.17, 15) is 0 Å². The summed E-state index contributed by atoms with van der Waals surface area (Å²) in [6, 6.07) is 9.93. The summed E-state index contributed by atoms with van der Waals surface area (Å²) in [4.78, 5) is 0. The van der Waals surface area contributed by atoms with E-state index in [2.05, 4.69) is 27.3 Å². The summed E-state index contributed by atoms with van der Waals surface area (Å²) >= 11 is 1.57. The van der Waals surface area contributed by atoms with Gasteiger partial charge in [-0.25, -0.2) is 0 Å². The first kappa shape index (κ1) is 9.81. The molecule has 0 aliphatic carbocycles. The molecule has 15 heavy (non-hydrogen) atoms. The van der Waals surface area contributed by atoms with Crippen LogP contribution in [0.15, 0.2) is 41.6 Å². The Hall–Kier alpha value is -1.73. The maximum atomic E-state index is 3.92. The Kier molecular flexibility index (Phi) is 3.42. The zero-order valence-electron chi connectivity index (χ0n) is 7.97. The predicted molar refractivity (Wildman–Crippen MR) is 60.4 cm³/mol. The van der Waals surface area contributed by atoms with Gasteiger partial charge in [0.05, 0.1) is 11.9 Å². The van der Waals surface area contributed by atoms with Gasteiger partial charge in [-0.1, -0.05) is 41.8 Å². The largest absolute Gasteiger partial charge is 0.197 e. The summed E-state index contributed by atoms with van der Waals surface area (Å²) in [5.74, 6) is 6.87. The standard InChI is InChI=1S/C11H9N3S/c1-2-5-10(6-3-1)7-4-8-15-11-9-12-14-13-11/h1-3,5-6,9H,8H2,(H,12,13,14). The van der Waals surface area contributed by atoms with Gasteiger partial charge in [0.15, 0.2) is 0 Å². The van der Waals surface area contributed by atoms with Gasteiger partial charge in [0.2, 0.25) is 0 Å². The van der Waals surface area contributed by atoms with Gasteiger partial charge in [-0.2, -0.15) is 10.3 Å². The molecule has 0 amide bonds. The average Bonchev–Trinajstić information content (AvgIpc) is 2.79. The van der Waals surface area contributed by atoms with Crippen molar-refractivity contribution >= 4 is 11.8 Å². The van der Waals surface area contributed by atoms with Gasteiger partial charge < -0.3 is 0 Å². The van der Waals surface area contributed by atoms with Crippen LogP contribution in [0.3, 0.4) is 0 Å². The van der Waals surface area contributed by atoms with E-state index in [1.165, 1.54) is 0 Å². The van der Waals surface area contributed by atoms with E-state index in [1.54, 1.807) is 18.0 Å². The number of thioether (sulfide) groups is 1. The first-order valence-corrected chi connectivity index (χ1v) is 5.46. The monoisotopic (exact) mass is 215 g/mol. The first-order chi connectivity index (χ1) is 7.45. The zero-order valence-corrected chi connectivity index (χ0v) is 8.79. The fourth-order valence-electron chi connectivity index (χ4n) is 1.03. The second kappa shape index (κ2) is 5.23. The Morgan fingerprint density at radius 3 is 2.87 bits per heavy atom. The topological polar surface area (TPSA) is 41.6 Å². The molecule has 0 aliphatic heterocycles. The van der Waals surface area contributed by atoms with Crippen LogP contribution in [-0.4, -0.2) is 21.2 Å². The van der Waals surface area contributed by atoms with Crippen molar-refractivity contribution < 1.29 is 0 Å². The van der Waals surface area contributed by atoms with Gasteiger partial charge in [0, 0.05) is 5.56 Å². The summed E-state index contributed by atoms with van der Waals surface area (Å²) in [5.41, 5.74) is 1.04. The zero-order chi connectivity index (χ0) is 10.3. The van der Waals surface area contributed by atoms with Crippen LogP contribution in [0, 0.1) is 11.8 Å². The van der Waals surface area contributed by atoms with Crippen LogP contribution >= 0.6 is 11.8 Å². The lowest BCUT2D eigenvalue weighted by atomic mass is 10.2. The van der Waals surface area contributed by atoms with Crippen LogP contribution in [0.2, 0.25) is 0 Å². The third-order valence-electron chi connectivity index (χ3n) is 1.69. The Bertz CT molecular complexity index is 454. The summed E-state index contributed by atoms with van der Waals surface area (Å²) in [6.07, 6.45) is 1.69. The van der Waals surface area contributed by atoms with E-state index in [0.29, 0.717) is 0 Å². The first-order valence-electron chi connectivity index (χ1n) is 4.47. The van der Waals surface area contributed by atoms with E-state index >= 15 is 0 Å². The van der Waals surface area contributed by atoms with Crippen molar-refractivity contribution in [2.75, 3.05) is 5.75 Å². The van der Waals surface area contributed by atoms with Gasteiger partial charge in [-0.3, -0.25) is 0 Å². The molecule has 0 fully saturated rings.